The van der Waals surface area contributed by atoms with Crippen LogP contribution in [0.25, 0.3) is 6.08 Å². The first-order valence-corrected chi connectivity index (χ1v) is 6.43. The van der Waals surface area contributed by atoms with E-state index in [2.05, 4.69) is 31.2 Å². The summed E-state index contributed by atoms with van der Waals surface area (Å²) in [6.45, 7) is 4.19. The van der Waals surface area contributed by atoms with Crippen molar-refractivity contribution in [1.82, 2.24) is 0 Å². The minimum absolute atomic E-state index is 0.0204. The van der Waals surface area contributed by atoms with Crippen molar-refractivity contribution >= 4 is 6.08 Å². The van der Waals surface area contributed by atoms with Crippen molar-refractivity contribution in [1.29, 1.82) is 5.26 Å². The molecule has 0 spiro atoms. The van der Waals surface area contributed by atoms with Gasteiger partial charge in [-0.3, -0.25) is 0 Å². The van der Waals surface area contributed by atoms with Gasteiger partial charge in [0.25, 0.3) is 0 Å². The highest BCUT2D eigenvalue weighted by Gasteiger charge is 2.07. The largest absolute Gasteiger partial charge is 0.198 e. The van der Waals surface area contributed by atoms with Gasteiger partial charge in [-0.2, -0.15) is 5.26 Å². The fourth-order valence-electron chi connectivity index (χ4n) is 1.84. The van der Waals surface area contributed by atoms with Gasteiger partial charge < -0.3 is 0 Å². The average Bonchev–Trinajstić information content (AvgIpc) is 2.38. The Labute approximate surface area is 105 Å². The van der Waals surface area contributed by atoms with E-state index in [9.17, 15) is 0 Å². The van der Waals surface area contributed by atoms with Crippen LogP contribution < -0.4 is 0 Å². The molecular formula is C16H21N. The zero-order valence-electron chi connectivity index (χ0n) is 10.8. The Morgan fingerprint density at radius 2 is 2.00 bits per heavy atom. The third kappa shape index (κ3) is 4.87. The molecule has 0 aliphatic heterocycles. The highest BCUT2D eigenvalue weighted by atomic mass is 14.3. The zero-order valence-corrected chi connectivity index (χ0v) is 10.8. The molecule has 0 aliphatic carbocycles. The summed E-state index contributed by atoms with van der Waals surface area (Å²) in [6, 6.07) is 12.6. The molecule has 1 nitrogen and oxygen atoms in total. The molecule has 0 unspecified atom stereocenters. The second kappa shape index (κ2) is 7.68. The van der Waals surface area contributed by atoms with Crippen LogP contribution in [0.15, 0.2) is 35.9 Å². The zero-order chi connectivity index (χ0) is 12.5. The van der Waals surface area contributed by atoms with Crippen LogP contribution in [-0.4, -0.2) is 0 Å². The molecule has 0 amide bonds. The Kier molecular flexibility index (Phi) is 6.10. The minimum atomic E-state index is 0.0204. The van der Waals surface area contributed by atoms with Gasteiger partial charge in [0.15, 0.2) is 0 Å². The second-order valence-corrected chi connectivity index (χ2v) is 4.44. The number of benzene rings is 1. The van der Waals surface area contributed by atoms with Crippen LogP contribution in [0.3, 0.4) is 0 Å². The van der Waals surface area contributed by atoms with Crippen LogP contribution >= 0.6 is 0 Å². The van der Waals surface area contributed by atoms with Gasteiger partial charge in [0.05, 0.1) is 12.0 Å². The van der Waals surface area contributed by atoms with Crippen molar-refractivity contribution in [2.24, 2.45) is 5.92 Å². The first kappa shape index (κ1) is 13.5. The van der Waals surface area contributed by atoms with E-state index in [0.29, 0.717) is 0 Å². The molecule has 1 aromatic carbocycles. The molecule has 0 N–H and O–H groups in total. The van der Waals surface area contributed by atoms with E-state index in [1.807, 2.05) is 25.1 Å². The minimum Gasteiger partial charge on any atom is -0.198 e. The summed E-state index contributed by atoms with van der Waals surface area (Å²) in [5, 5.41) is 9.05. The highest BCUT2D eigenvalue weighted by Crippen LogP contribution is 2.20. The van der Waals surface area contributed by atoms with Crippen LogP contribution in [0.5, 0.6) is 0 Å². The van der Waals surface area contributed by atoms with Gasteiger partial charge in [-0.25, -0.2) is 0 Å². The van der Waals surface area contributed by atoms with Crippen molar-refractivity contribution in [3.8, 4) is 6.07 Å². The summed E-state index contributed by atoms with van der Waals surface area (Å²) in [6.07, 6.45) is 6.85. The monoisotopic (exact) mass is 227 g/mol. The van der Waals surface area contributed by atoms with Crippen molar-refractivity contribution in [3.63, 3.8) is 0 Å². The molecular weight excluding hydrogens is 206 g/mol. The van der Waals surface area contributed by atoms with Crippen LogP contribution in [0.4, 0.5) is 0 Å². The quantitative estimate of drug-likeness (QED) is 0.640. The maximum atomic E-state index is 9.05. The van der Waals surface area contributed by atoms with Gasteiger partial charge in [0, 0.05) is 0 Å². The number of nitrogens with zero attached hydrogens (tertiary/aromatic N) is 1. The van der Waals surface area contributed by atoms with Crippen molar-refractivity contribution in [2.45, 2.75) is 39.5 Å². The molecule has 1 atom stereocenters. The lowest BCUT2D eigenvalue weighted by Crippen LogP contribution is -1.96. The van der Waals surface area contributed by atoms with Gasteiger partial charge in [0.2, 0.25) is 0 Å². The predicted molar refractivity (Wildman–Crippen MR) is 73.3 cm³/mol. The van der Waals surface area contributed by atoms with Gasteiger partial charge >= 0.3 is 0 Å². The van der Waals surface area contributed by atoms with E-state index < -0.39 is 0 Å². The molecule has 0 bridgehead atoms. The average molecular weight is 227 g/mol. The Hall–Kier alpha value is -1.55. The maximum Gasteiger partial charge on any atom is 0.0697 e. The first-order valence-electron chi connectivity index (χ1n) is 6.43. The van der Waals surface area contributed by atoms with E-state index in [-0.39, 0.29) is 5.92 Å². The summed E-state index contributed by atoms with van der Waals surface area (Å²) in [5.41, 5.74) is 2.45. The van der Waals surface area contributed by atoms with Gasteiger partial charge in [-0.1, -0.05) is 61.7 Å². The number of unbranched alkanes of at least 4 members (excludes halogenated alkanes) is 2. The fraction of sp³-hybridized carbons (Fsp3) is 0.438. The van der Waals surface area contributed by atoms with Crippen LogP contribution in [0.1, 0.15) is 45.1 Å². The number of rotatable bonds is 6. The molecule has 0 radical (unpaired) electrons. The molecule has 1 heteroatoms. The topological polar surface area (TPSA) is 23.8 Å². The lowest BCUT2D eigenvalue weighted by Gasteiger charge is -2.09. The molecule has 0 aliphatic rings. The summed E-state index contributed by atoms with van der Waals surface area (Å²) in [4.78, 5) is 0. The molecule has 0 saturated carbocycles. The molecule has 0 heterocycles. The standard InChI is InChI=1S/C16H21N/c1-3-4-6-11-16(14(2)13-17)12-15-9-7-5-8-10-15/h5,7-10,12,14H,3-4,6,11H2,1-2H3/b16-12+/t14-/m0/s1. The van der Waals surface area contributed by atoms with E-state index in [1.165, 1.54) is 30.4 Å². The number of hydrogen-bond donors (Lipinski definition) is 0. The van der Waals surface area contributed by atoms with Gasteiger partial charge in [-0.05, 0) is 25.3 Å². The number of hydrogen-bond acceptors (Lipinski definition) is 1. The Morgan fingerprint density at radius 3 is 2.59 bits per heavy atom. The Bertz CT molecular complexity index is 384. The Morgan fingerprint density at radius 1 is 1.29 bits per heavy atom. The van der Waals surface area contributed by atoms with Crippen LogP contribution in [0, 0.1) is 17.2 Å². The third-order valence-corrected chi connectivity index (χ3v) is 2.97. The first-order chi connectivity index (χ1) is 8.27. The van der Waals surface area contributed by atoms with E-state index in [0.717, 1.165) is 6.42 Å². The molecule has 1 rings (SSSR count). The van der Waals surface area contributed by atoms with Crippen molar-refractivity contribution < 1.29 is 0 Å². The number of allylic oxidation sites excluding steroid dienone is 1. The third-order valence-electron chi connectivity index (χ3n) is 2.97. The van der Waals surface area contributed by atoms with E-state index in [1.54, 1.807) is 0 Å². The second-order valence-electron chi connectivity index (χ2n) is 4.44. The van der Waals surface area contributed by atoms with Crippen molar-refractivity contribution in [3.05, 3.63) is 41.5 Å². The van der Waals surface area contributed by atoms with Crippen LogP contribution in [-0.2, 0) is 0 Å². The van der Waals surface area contributed by atoms with E-state index in [4.69, 9.17) is 5.26 Å². The molecule has 17 heavy (non-hydrogen) atoms. The number of nitriles is 1. The van der Waals surface area contributed by atoms with E-state index >= 15 is 0 Å². The highest BCUT2D eigenvalue weighted by molar-refractivity contribution is 5.53. The Balaban J connectivity index is 2.76. The summed E-state index contributed by atoms with van der Waals surface area (Å²) >= 11 is 0. The summed E-state index contributed by atoms with van der Waals surface area (Å²) in [5.74, 6) is 0.0204. The lowest BCUT2D eigenvalue weighted by atomic mass is 9.94. The van der Waals surface area contributed by atoms with Gasteiger partial charge in [-0.15, -0.1) is 0 Å². The van der Waals surface area contributed by atoms with Crippen LogP contribution in [0.2, 0.25) is 0 Å². The lowest BCUT2D eigenvalue weighted by molar-refractivity contribution is 0.681. The molecule has 0 saturated heterocycles. The molecule has 0 fully saturated rings. The maximum absolute atomic E-state index is 9.05. The summed E-state index contributed by atoms with van der Waals surface area (Å²) < 4.78 is 0. The van der Waals surface area contributed by atoms with Crippen molar-refractivity contribution in [2.75, 3.05) is 0 Å². The molecule has 0 aromatic heterocycles. The summed E-state index contributed by atoms with van der Waals surface area (Å²) in [7, 11) is 0. The molecule has 90 valence electrons. The van der Waals surface area contributed by atoms with Gasteiger partial charge in [0.1, 0.15) is 0 Å². The molecule has 1 aromatic rings. The normalized spacial score (nSPS) is 13.1. The predicted octanol–water partition coefficient (Wildman–Crippen LogP) is 4.81. The SMILES string of the molecule is CCCCC/C(=C\c1ccccc1)[C@@H](C)C#N. The fourth-order valence-corrected chi connectivity index (χ4v) is 1.84. The smallest absolute Gasteiger partial charge is 0.0697 e.